The van der Waals surface area contributed by atoms with Gasteiger partial charge in [-0.15, -0.1) is 0 Å². The maximum Gasteiger partial charge on any atom is 0.164 e. The van der Waals surface area contributed by atoms with Crippen LogP contribution in [-0.4, -0.2) is 15.0 Å². The van der Waals surface area contributed by atoms with Gasteiger partial charge in [-0.05, 0) is 60.2 Å². The van der Waals surface area contributed by atoms with Gasteiger partial charge in [0.25, 0.3) is 0 Å². The summed E-state index contributed by atoms with van der Waals surface area (Å²) in [6.45, 7) is 0. The van der Waals surface area contributed by atoms with Crippen LogP contribution in [0, 0.1) is 0 Å². The van der Waals surface area contributed by atoms with Crippen LogP contribution in [0.15, 0.2) is 200 Å². The Balaban J connectivity index is 1.13. The van der Waals surface area contributed by atoms with Crippen molar-refractivity contribution in [1.82, 2.24) is 15.0 Å². The van der Waals surface area contributed by atoms with Crippen molar-refractivity contribution in [3.63, 3.8) is 0 Å². The SMILES string of the molecule is c1ccc(-c2nc(-c3ccccc3)nc(-c3cccc4oc5c(-c6cccc7c6Oc6ccccc6S7)cc(-c6cccc7c6Oc6ccccc6S7)cc5c34)n2)cc1. The van der Waals surface area contributed by atoms with Crippen molar-refractivity contribution in [2.45, 2.75) is 19.6 Å². The molecule has 0 saturated heterocycles. The van der Waals surface area contributed by atoms with E-state index in [1.165, 1.54) is 0 Å². The third-order valence-electron chi connectivity index (χ3n) is 10.7. The quantitative estimate of drug-likeness (QED) is 0.171. The van der Waals surface area contributed by atoms with E-state index in [1.807, 2.05) is 109 Å². The predicted molar refractivity (Wildman–Crippen MR) is 236 cm³/mol. The minimum atomic E-state index is 0.555. The topological polar surface area (TPSA) is 70.3 Å². The summed E-state index contributed by atoms with van der Waals surface area (Å²) in [6.07, 6.45) is 0. The van der Waals surface area contributed by atoms with E-state index in [0.29, 0.717) is 17.5 Å². The first-order valence-electron chi connectivity index (χ1n) is 19.2. The predicted octanol–water partition coefficient (Wildman–Crippen LogP) is 14.6. The van der Waals surface area contributed by atoms with Gasteiger partial charge in [-0.1, -0.05) is 145 Å². The van der Waals surface area contributed by atoms with Gasteiger partial charge in [-0.3, -0.25) is 0 Å². The lowest BCUT2D eigenvalue weighted by Gasteiger charge is -2.23. The Morgan fingerprint density at radius 1 is 0.373 bits per heavy atom. The second-order valence-corrected chi connectivity index (χ2v) is 16.5. The standard InChI is InChI=1S/C51H29N3O3S2/c1-3-14-30(15-4-1)49-52-50(31-16-5-2-6-17-31)54-51(53-49)35-20-11-23-40-45(35)37-29-32(33-18-12-26-43-47(33)55-38-21-7-9-24-41(38)58-43)28-36(46(37)57-40)34-19-13-27-44-48(34)56-39-22-8-10-25-42(39)59-44/h1-29H. The number of ether oxygens (including phenoxy) is 2. The monoisotopic (exact) mass is 795 g/mol. The molecule has 0 bridgehead atoms. The van der Waals surface area contributed by atoms with Crippen LogP contribution in [-0.2, 0) is 0 Å². The average Bonchev–Trinajstić information content (AvgIpc) is 3.69. The van der Waals surface area contributed by atoms with Gasteiger partial charge >= 0.3 is 0 Å². The highest BCUT2D eigenvalue weighted by molar-refractivity contribution is 8.00. The van der Waals surface area contributed by atoms with Crippen LogP contribution < -0.4 is 9.47 Å². The van der Waals surface area contributed by atoms with E-state index in [-0.39, 0.29) is 0 Å². The number of para-hydroxylation sites is 4. The molecule has 2 aliphatic heterocycles. The zero-order valence-electron chi connectivity index (χ0n) is 31.1. The fourth-order valence-electron chi connectivity index (χ4n) is 7.94. The highest BCUT2D eigenvalue weighted by Gasteiger charge is 2.27. The molecular weight excluding hydrogens is 767 g/mol. The van der Waals surface area contributed by atoms with E-state index in [4.69, 9.17) is 28.8 Å². The van der Waals surface area contributed by atoms with Crippen LogP contribution >= 0.6 is 23.5 Å². The van der Waals surface area contributed by atoms with Gasteiger partial charge in [-0.25, -0.2) is 15.0 Å². The summed E-state index contributed by atoms with van der Waals surface area (Å²) in [6, 6.07) is 59.7. The van der Waals surface area contributed by atoms with Gasteiger partial charge in [0.15, 0.2) is 17.5 Å². The molecule has 0 aliphatic carbocycles. The molecule has 0 unspecified atom stereocenters. The maximum absolute atomic E-state index is 6.97. The summed E-state index contributed by atoms with van der Waals surface area (Å²) in [5.41, 5.74) is 7.91. The summed E-state index contributed by atoms with van der Waals surface area (Å²) < 4.78 is 20.4. The van der Waals surface area contributed by atoms with Gasteiger partial charge in [0, 0.05) is 44.2 Å². The van der Waals surface area contributed by atoms with Crippen molar-refractivity contribution in [3.8, 4) is 79.4 Å². The second kappa shape index (κ2) is 13.8. The Morgan fingerprint density at radius 3 is 1.53 bits per heavy atom. The number of benzene rings is 8. The molecule has 0 amide bonds. The zero-order chi connectivity index (χ0) is 38.9. The lowest BCUT2D eigenvalue weighted by molar-refractivity contribution is 0.456. The van der Waals surface area contributed by atoms with Gasteiger partial charge in [-0.2, -0.15) is 0 Å². The van der Waals surface area contributed by atoms with Crippen LogP contribution in [0.4, 0.5) is 0 Å². The third kappa shape index (κ3) is 5.79. The molecule has 4 heterocycles. The Kier molecular flexibility index (Phi) is 7.92. The summed E-state index contributed by atoms with van der Waals surface area (Å²) in [7, 11) is 0. The Bertz CT molecular complexity index is 3240. The molecule has 12 rings (SSSR count). The molecule has 8 aromatic carbocycles. The summed E-state index contributed by atoms with van der Waals surface area (Å²) in [5, 5.41) is 1.83. The number of furan rings is 1. The first-order chi connectivity index (χ1) is 29.2. The van der Waals surface area contributed by atoms with Crippen molar-refractivity contribution >= 4 is 45.5 Å². The van der Waals surface area contributed by atoms with Gasteiger partial charge < -0.3 is 13.9 Å². The molecular formula is C51H29N3O3S2. The Hall–Kier alpha value is -7.13. The number of aromatic nitrogens is 3. The highest BCUT2D eigenvalue weighted by atomic mass is 32.2. The molecule has 0 radical (unpaired) electrons. The van der Waals surface area contributed by atoms with Crippen LogP contribution in [0.2, 0.25) is 0 Å². The largest absolute Gasteiger partial charge is 0.455 e. The van der Waals surface area contributed by atoms with Crippen molar-refractivity contribution in [2.24, 2.45) is 0 Å². The third-order valence-corrected chi connectivity index (χ3v) is 12.9. The van der Waals surface area contributed by atoms with E-state index in [0.717, 1.165) is 103 Å². The number of hydrogen-bond acceptors (Lipinski definition) is 8. The van der Waals surface area contributed by atoms with E-state index in [9.17, 15) is 0 Å². The molecule has 59 heavy (non-hydrogen) atoms. The Morgan fingerprint density at radius 2 is 0.881 bits per heavy atom. The molecule has 2 aliphatic rings. The number of fused-ring (bicyclic) bond motifs is 7. The minimum absolute atomic E-state index is 0.555. The van der Waals surface area contributed by atoms with Crippen LogP contribution in [0.1, 0.15) is 0 Å². The second-order valence-electron chi connectivity index (χ2n) is 14.3. The van der Waals surface area contributed by atoms with Gasteiger partial charge in [0.1, 0.15) is 34.2 Å². The maximum atomic E-state index is 6.97. The van der Waals surface area contributed by atoms with Gasteiger partial charge in [0.2, 0.25) is 0 Å². The minimum Gasteiger partial charge on any atom is -0.455 e. The molecule has 0 saturated carbocycles. The number of hydrogen-bond donors (Lipinski definition) is 0. The van der Waals surface area contributed by atoms with Gasteiger partial charge in [0.05, 0.1) is 19.6 Å². The molecule has 278 valence electrons. The first-order valence-corrected chi connectivity index (χ1v) is 20.9. The van der Waals surface area contributed by atoms with E-state index >= 15 is 0 Å². The zero-order valence-corrected chi connectivity index (χ0v) is 32.8. The van der Waals surface area contributed by atoms with E-state index in [2.05, 4.69) is 66.7 Å². The van der Waals surface area contributed by atoms with Crippen LogP contribution in [0.5, 0.6) is 23.0 Å². The molecule has 10 aromatic rings. The number of nitrogens with zero attached hydrogens (tertiary/aromatic N) is 3. The molecule has 6 nitrogen and oxygen atoms in total. The fourth-order valence-corrected chi connectivity index (χ4v) is 9.91. The summed E-state index contributed by atoms with van der Waals surface area (Å²) in [4.78, 5) is 19.5. The van der Waals surface area contributed by atoms with Crippen LogP contribution in [0.25, 0.3) is 78.4 Å². The van der Waals surface area contributed by atoms with E-state index in [1.54, 1.807) is 23.5 Å². The lowest BCUT2D eigenvalue weighted by atomic mass is 9.94. The molecule has 0 fully saturated rings. The van der Waals surface area contributed by atoms with Crippen molar-refractivity contribution in [2.75, 3.05) is 0 Å². The van der Waals surface area contributed by atoms with Crippen molar-refractivity contribution < 1.29 is 13.9 Å². The average molecular weight is 796 g/mol. The fraction of sp³-hybridized carbons (Fsp3) is 0. The number of rotatable bonds is 5. The molecule has 0 spiro atoms. The van der Waals surface area contributed by atoms with E-state index < -0.39 is 0 Å². The summed E-state index contributed by atoms with van der Waals surface area (Å²) in [5.74, 6) is 5.03. The molecule has 8 heteroatoms. The Labute approximate surface area is 347 Å². The molecule has 0 N–H and O–H groups in total. The molecule has 0 atom stereocenters. The van der Waals surface area contributed by atoms with Crippen molar-refractivity contribution in [3.05, 3.63) is 176 Å². The highest BCUT2D eigenvalue weighted by Crippen LogP contribution is 2.55. The lowest BCUT2D eigenvalue weighted by Crippen LogP contribution is -2.00. The summed E-state index contributed by atoms with van der Waals surface area (Å²) >= 11 is 3.43. The first kappa shape index (κ1) is 34.0. The normalized spacial score (nSPS) is 12.5. The van der Waals surface area contributed by atoms with Crippen molar-refractivity contribution in [1.29, 1.82) is 0 Å². The smallest absolute Gasteiger partial charge is 0.164 e. The molecule has 2 aromatic heterocycles. The van der Waals surface area contributed by atoms with Crippen LogP contribution in [0.3, 0.4) is 0 Å².